The topological polar surface area (TPSA) is 70.1 Å². The second-order valence-corrected chi connectivity index (χ2v) is 11.4. The van der Waals surface area contributed by atoms with Gasteiger partial charge in [-0.05, 0) is 72.6 Å². The number of esters is 1. The number of aliphatic hydroxyl groups is 1. The summed E-state index contributed by atoms with van der Waals surface area (Å²) in [5.74, 6) is -0.0270. The second-order valence-electron chi connectivity index (χ2n) is 11.4. The summed E-state index contributed by atoms with van der Waals surface area (Å²) in [5.41, 5.74) is 5.72. The molecule has 2 fully saturated rings. The maximum absolute atomic E-state index is 13.9. The number of ether oxygens (including phenoxy) is 1. The van der Waals surface area contributed by atoms with Gasteiger partial charge in [0, 0.05) is 43.4 Å². The van der Waals surface area contributed by atoms with Crippen LogP contribution in [0.2, 0.25) is 0 Å². The number of carbonyl (C=O) groups is 2. The highest BCUT2D eigenvalue weighted by Gasteiger charge is 2.32. The van der Waals surface area contributed by atoms with Crippen molar-refractivity contribution in [2.75, 3.05) is 30.5 Å². The van der Waals surface area contributed by atoms with Crippen LogP contribution in [0.25, 0.3) is 11.1 Å². The van der Waals surface area contributed by atoms with Crippen LogP contribution in [0, 0.1) is 11.8 Å². The highest BCUT2D eigenvalue weighted by atomic mass is 16.5. The van der Waals surface area contributed by atoms with Crippen molar-refractivity contribution in [3.05, 3.63) is 83.9 Å². The van der Waals surface area contributed by atoms with Crippen LogP contribution in [-0.4, -0.2) is 37.7 Å². The van der Waals surface area contributed by atoms with Crippen LogP contribution in [0.4, 0.5) is 11.4 Å². The predicted octanol–water partition coefficient (Wildman–Crippen LogP) is 6.52. The molecule has 5 rings (SSSR count). The van der Waals surface area contributed by atoms with Crippen molar-refractivity contribution in [2.24, 2.45) is 11.8 Å². The molecule has 1 saturated heterocycles. The van der Waals surface area contributed by atoms with Crippen molar-refractivity contribution in [2.45, 2.75) is 57.6 Å². The van der Waals surface area contributed by atoms with Crippen LogP contribution < -0.4 is 9.80 Å². The van der Waals surface area contributed by atoms with Gasteiger partial charge >= 0.3 is 5.97 Å². The van der Waals surface area contributed by atoms with Crippen molar-refractivity contribution < 1.29 is 19.4 Å². The summed E-state index contributed by atoms with van der Waals surface area (Å²) in [6.07, 6.45) is 5.85. The molecule has 1 aliphatic heterocycles. The highest BCUT2D eigenvalue weighted by molar-refractivity contribution is 5.95. The Hall–Kier alpha value is -3.64. The van der Waals surface area contributed by atoms with Crippen LogP contribution >= 0.6 is 0 Å². The fourth-order valence-corrected chi connectivity index (χ4v) is 5.96. The van der Waals surface area contributed by atoms with Gasteiger partial charge in [-0.15, -0.1) is 0 Å². The normalized spacial score (nSPS) is 18.6. The molecule has 2 atom stereocenters. The first-order valence-electron chi connectivity index (χ1n) is 14.5. The number of cyclic esters (lactones) is 1. The van der Waals surface area contributed by atoms with Gasteiger partial charge in [-0.1, -0.05) is 67.8 Å². The van der Waals surface area contributed by atoms with E-state index in [1.807, 2.05) is 62.6 Å². The van der Waals surface area contributed by atoms with Gasteiger partial charge in [0.15, 0.2) is 6.23 Å². The van der Waals surface area contributed by atoms with Crippen molar-refractivity contribution in [3.63, 3.8) is 0 Å². The molecule has 2 unspecified atom stereocenters. The number of rotatable bonds is 8. The van der Waals surface area contributed by atoms with E-state index in [-0.39, 0.29) is 23.7 Å². The summed E-state index contributed by atoms with van der Waals surface area (Å²) in [6, 6.07) is 24.1. The van der Waals surface area contributed by atoms with E-state index in [9.17, 15) is 14.7 Å². The lowest BCUT2D eigenvalue weighted by molar-refractivity contribution is -0.149. The Bertz CT molecular complexity index is 1300. The zero-order chi connectivity index (χ0) is 28.1. The van der Waals surface area contributed by atoms with Gasteiger partial charge in [0.2, 0.25) is 5.91 Å². The molecule has 1 amide bonds. The molecule has 3 aromatic rings. The predicted molar refractivity (Wildman–Crippen MR) is 159 cm³/mol. The zero-order valence-electron chi connectivity index (χ0n) is 23.6. The van der Waals surface area contributed by atoms with Gasteiger partial charge in [-0.2, -0.15) is 0 Å². The molecule has 1 saturated carbocycles. The lowest BCUT2D eigenvalue weighted by Crippen LogP contribution is -2.40. The molecule has 6 nitrogen and oxygen atoms in total. The number of aliphatic hydroxyl groups excluding tert-OH is 1. The van der Waals surface area contributed by atoms with E-state index >= 15 is 0 Å². The summed E-state index contributed by atoms with van der Waals surface area (Å²) in [6.45, 7) is 0.462. The van der Waals surface area contributed by atoms with Crippen LogP contribution in [0.3, 0.4) is 0 Å². The molecule has 6 heteroatoms. The summed E-state index contributed by atoms with van der Waals surface area (Å²) < 4.78 is 5.11. The Kier molecular flexibility index (Phi) is 8.85. The molecule has 1 heterocycles. The molecule has 40 heavy (non-hydrogen) atoms. The number of benzene rings is 3. The Morgan fingerprint density at radius 1 is 0.900 bits per heavy atom. The Balaban J connectivity index is 1.40. The molecule has 210 valence electrons. The smallest absolute Gasteiger partial charge is 0.306 e. The lowest BCUT2D eigenvalue weighted by atomic mass is 9.87. The largest absolute Gasteiger partial charge is 0.466 e. The van der Waals surface area contributed by atoms with Gasteiger partial charge in [-0.3, -0.25) is 14.5 Å². The van der Waals surface area contributed by atoms with E-state index in [4.69, 9.17) is 4.74 Å². The van der Waals surface area contributed by atoms with Gasteiger partial charge < -0.3 is 14.7 Å². The molecular weight excluding hydrogens is 500 g/mol. The van der Waals surface area contributed by atoms with Crippen LogP contribution in [0.15, 0.2) is 72.8 Å². The standard InChI is InChI=1S/C34H40N2O4/c1-35(2)30-17-15-27(16-18-30)26-11-13-29(14-12-26)34(39)36(33(38)28-8-4-3-5-9-28)31-10-6-7-24(22-31)21-25-19-20-40-32(37)23-25/h6-7,10-18,22,25,28,34,39H,3-5,8-9,19-21,23H2,1-2H3. The maximum atomic E-state index is 13.9. The minimum Gasteiger partial charge on any atom is -0.466 e. The van der Waals surface area contributed by atoms with E-state index in [1.54, 1.807) is 4.90 Å². The molecular formula is C34H40N2O4. The van der Waals surface area contributed by atoms with E-state index < -0.39 is 6.23 Å². The monoisotopic (exact) mass is 540 g/mol. The minimum absolute atomic E-state index is 0.0195. The number of amides is 1. The van der Waals surface area contributed by atoms with Crippen molar-refractivity contribution in [1.29, 1.82) is 0 Å². The van der Waals surface area contributed by atoms with Gasteiger partial charge in [0.1, 0.15) is 0 Å². The number of nitrogens with zero attached hydrogens (tertiary/aromatic N) is 2. The Labute approximate surface area is 237 Å². The lowest BCUT2D eigenvalue weighted by Gasteiger charge is -2.33. The molecule has 0 bridgehead atoms. The first-order valence-corrected chi connectivity index (χ1v) is 14.5. The van der Waals surface area contributed by atoms with Gasteiger partial charge in [0.05, 0.1) is 6.61 Å². The summed E-state index contributed by atoms with van der Waals surface area (Å²) in [7, 11) is 4.04. The Morgan fingerprint density at radius 3 is 2.23 bits per heavy atom. The molecule has 0 aromatic heterocycles. The fraction of sp³-hybridized carbons (Fsp3) is 0.412. The molecule has 0 radical (unpaired) electrons. The highest BCUT2D eigenvalue weighted by Crippen LogP contribution is 2.34. The van der Waals surface area contributed by atoms with Gasteiger partial charge in [-0.25, -0.2) is 0 Å². The number of hydrogen-bond donors (Lipinski definition) is 1. The molecule has 3 aromatic carbocycles. The average molecular weight is 541 g/mol. The van der Waals surface area contributed by atoms with Crippen LogP contribution in [0.5, 0.6) is 0 Å². The first-order chi connectivity index (χ1) is 19.4. The molecule has 0 spiro atoms. The number of anilines is 2. The average Bonchev–Trinajstić information content (AvgIpc) is 2.98. The minimum atomic E-state index is -1.10. The fourth-order valence-electron chi connectivity index (χ4n) is 5.96. The van der Waals surface area contributed by atoms with E-state index in [0.29, 0.717) is 24.3 Å². The van der Waals surface area contributed by atoms with E-state index in [1.165, 1.54) is 0 Å². The third-order valence-electron chi connectivity index (χ3n) is 8.32. The molecule has 2 aliphatic rings. The van der Waals surface area contributed by atoms with Crippen molar-refractivity contribution in [3.8, 4) is 11.1 Å². The summed E-state index contributed by atoms with van der Waals surface area (Å²) in [4.78, 5) is 29.4. The number of carbonyl (C=O) groups excluding carboxylic acids is 2. The third-order valence-corrected chi connectivity index (χ3v) is 8.32. The third kappa shape index (κ3) is 6.56. The quantitative estimate of drug-likeness (QED) is 0.260. The summed E-state index contributed by atoms with van der Waals surface area (Å²) >= 11 is 0. The Morgan fingerprint density at radius 2 is 1.57 bits per heavy atom. The SMILES string of the molecule is CN(C)c1ccc(-c2ccc(C(O)N(C(=O)C3CCCCC3)c3cccc(CC4CCOC(=O)C4)c3)cc2)cc1. The first kappa shape index (κ1) is 27.9. The van der Waals surface area contributed by atoms with Gasteiger partial charge in [0.25, 0.3) is 0 Å². The second kappa shape index (κ2) is 12.7. The van der Waals surface area contributed by atoms with Crippen LogP contribution in [0.1, 0.15) is 62.3 Å². The van der Waals surface area contributed by atoms with E-state index in [0.717, 1.165) is 67.3 Å². The zero-order valence-corrected chi connectivity index (χ0v) is 23.6. The van der Waals surface area contributed by atoms with Crippen LogP contribution in [-0.2, 0) is 20.7 Å². The summed E-state index contributed by atoms with van der Waals surface area (Å²) in [5, 5.41) is 11.7. The number of hydrogen-bond acceptors (Lipinski definition) is 5. The maximum Gasteiger partial charge on any atom is 0.306 e. The van der Waals surface area contributed by atoms with E-state index in [2.05, 4.69) is 29.2 Å². The van der Waals surface area contributed by atoms with Crippen molar-refractivity contribution >= 4 is 23.3 Å². The van der Waals surface area contributed by atoms with Crippen molar-refractivity contribution in [1.82, 2.24) is 0 Å². The molecule has 1 N–H and O–H groups in total. The molecule has 1 aliphatic carbocycles.